The Kier molecular flexibility index (Phi) is 5.82. The second-order valence-electron chi connectivity index (χ2n) is 5.96. The van der Waals surface area contributed by atoms with Crippen LogP contribution in [-0.2, 0) is 17.3 Å². The predicted octanol–water partition coefficient (Wildman–Crippen LogP) is 0.955. The standard InChI is InChI=1S/C14H27N5O2S/c1-4-5-8-18(3)22(20,21)16-13-7-6-9-19(11-13)14-10-15-17(2)12-14/h10,12-13,16H,4-9,11H2,1-3H3/t13-/m0/s1. The van der Waals surface area contributed by atoms with Crippen LogP contribution < -0.4 is 9.62 Å². The molecule has 1 aliphatic heterocycles. The number of nitrogens with one attached hydrogen (secondary N) is 1. The molecule has 0 bridgehead atoms. The van der Waals surface area contributed by atoms with Crippen LogP contribution in [0.3, 0.4) is 0 Å². The van der Waals surface area contributed by atoms with Crippen molar-refractivity contribution >= 4 is 15.9 Å². The summed E-state index contributed by atoms with van der Waals surface area (Å²) in [5.41, 5.74) is 1.05. The van der Waals surface area contributed by atoms with E-state index in [0.717, 1.165) is 37.9 Å². The molecule has 0 saturated carbocycles. The van der Waals surface area contributed by atoms with Crippen molar-refractivity contribution in [1.82, 2.24) is 18.8 Å². The number of rotatable bonds is 7. The van der Waals surface area contributed by atoms with Gasteiger partial charge in [-0.3, -0.25) is 4.68 Å². The maximum absolute atomic E-state index is 12.3. The minimum absolute atomic E-state index is 0.0527. The molecular formula is C14H27N5O2S. The Balaban J connectivity index is 1.95. The SMILES string of the molecule is CCCCN(C)S(=O)(=O)N[C@H]1CCCN(c2cnn(C)c2)C1. The van der Waals surface area contributed by atoms with Crippen molar-refractivity contribution in [3.05, 3.63) is 12.4 Å². The first kappa shape index (κ1) is 17.2. The molecule has 1 aromatic heterocycles. The molecule has 22 heavy (non-hydrogen) atoms. The molecule has 1 aromatic rings. The summed E-state index contributed by atoms with van der Waals surface area (Å²) in [6.07, 6.45) is 7.49. The van der Waals surface area contributed by atoms with Gasteiger partial charge in [0.2, 0.25) is 0 Å². The maximum Gasteiger partial charge on any atom is 0.279 e. The molecule has 7 nitrogen and oxygen atoms in total. The third-order valence-electron chi connectivity index (χ3n) is 4.03. The van der Waals surface area contributed by atoms with Gasteiger partial charge in [0.15, 0.2) is 0 Å². The average Bonchev–Trinajstić information content (AvgIpc) is 2.91. The zero-order valence-electron chi connectivity index (χ0n) is 13.7. The van der Waals surface area contributed by atoms with Gasteiger partial charge in [0, 0.05) is 46.0 Å². The smallest absolute Gasteiger partial charge is 0.279 e. The highest BCUT2D eigenvalue weighted by atomic mass is 32.2. The van der Waals surface area contributed by atoms with Crippen molar-refractivity contribution in [2.75, 3.05) is 31.6 Å². The molecule has 126 valence electrons. The Morgan fingerprint density at radius 3 is 2.91 bits per heavy atom. The zero-order chi connectivity index (χ0) is 16.2. The highest BCUT2D eigenvalue weighted by molar-refractivity contribution is 7.87. The van der Waals surface area contributed by atoms with Gasteiger partial charge in [-0.25, -0.2) is 0 Å². The topological polar surface area (TPSA) is 70.5 Å². The van der Waals surface area contributed by atoms with E-state index in [-0.39, 0.29) is 6.04 Å². The molecule has 0 aromatic carbocycles. The Bertz CT molecular complexity index is 572. The minimum Gasteiger partial charge on any atom is -0.367 e. The number of piperidine rings is 1. The van der Waals surface area contributed by atoms with Crippen molar-refractivity contribution in [3.8, 4) is 0 Å². The molecule has 1 aliphatic rings. The lowest BCUT2D eigenvalue weighted by Crippen LogP contribution is -2.51. The number of hydrogen-bond donors (Lipinski definition) is 1. The molecule has 1 N–H and O–H groups in total. The summed E-state index contributed by atoms with van der Waals surface area (Å²) in [5.74, 6) is 0. The molecule has 1 atom stereocenters. The number of anilines is 1. The molecule has 8 heteroatoms. The van der Waals surface area contributed by atoms with Gasteiger partial charge in [-0.1, -0.05) is 13.3 Å². The zero-order valence-corrected chi connectivity index (χ0v) is 14.5. The molecule has 1 saturated heterocycles. The van der Waals surface area contributed by atoms with Crippen LogP contribution in [0.15, 0.2) is 12.4 Å². The maximum atomic E-state index is 12.3. The fourth-order valence-electron chi connectivity index (χ4n) is 2.68. The van der Waals surface area contributed by atoms with Gasteiger partial charge < -0.3 is 4.90 Å². The van der Waals surface area contributed by atoms with Crippen LogP contribution >= 0.6 is 0 Å². The van der Waals surface area contributed by atoms with Gasteiger partial charge in [0.05, 0.1) is 11.9 Å². The molecule has 1 fully saturated rings. The fraction of sp³-hybridized carbons (Fsp3) is 0.786. The number of aromatic nitrogens is 2. The summed E-state index contributed by atoms with van der Waals surface area (Å²) in [4.78, 5) is 2.19. The van der Waals surface area contributed by atoms with Gasteiger partial charge in [-0.2, -0.15) is 22.5 Å². The van der Waals surface area contributed by atoms with Crippen molar-refractivity contribution in [1.29, 1.82) is 0 Å². The van der Waals surface area contributed by atoms with Crippen LogP contribution in [0.1, 0.15) is 32.6 Å². The fourth-order valence-corrected chi connectivity index (χ4v) is 3.84. The monoisotopic (exact) mass is 329 g/mol. The van der Waals surface area contributed by atoms with Gasteiger partial charge in [-0.15, -0.1) is 0 Å². The van der Waals surface area contributed by atoms with Gasteiger partial charge in [0.1, 0.15) is 0 Å². The molecule has 0 unspecified atom stereocenters. The lowest BCUT2D eigenvalue weighted by Gasteiger charge is -2.34. The Hall–Kier alpha value is -1.12. The lowest BCUT2D eigenvalue weighted by molar-refractivity contribution is 0.418. The van der Waals surface area contributed by atoms with Crippen molar-refractivity contribution in [3.63, 3.8) is 0 Å². The van der Waals surface area contributed by atoms with Crippen LogP contribution in [0, 0.1) is 0 Å². The van der Waals surface area contributed by atoms with Crippen LogP contribution in [0.5, 0.6) is 0 Å². The Morgan fingerprint density at radius 1 is 1.50 bits per heavy atom. The number of hydrogen-bond acceptors (Lipinski definition) is 4. The highest BCUT2D eigenvalue weighted by Crippen LogP contribution is 2.19. The minimum atomic E-state index is -3.40. The first-order valence-electron chi connectivity index (χ1n) is 7.89. The highest BCUT2D eigenvalue weighted by Gasteiger charge is 2.26. The second-order valence-corrected chi connectivity index (χ2v) is 7.76. The number of nitrogens with zero attached hydrogens (tertiary/aromatic N) is 4. The van der Waals surface area contributed by atoms with Crippen LogP contribution in [0.2, 0.25) is 0 Å². The van der Waals surface area contributed by atoms with E-state index in [9.17, 15) is 8.42 Å². The van der Waals surface area contributed by atoms with E-state index < -0.39 is 10.2 Å². The summed E-state index contributed by atoms with van der Waals surface area (Å²) in [7, 11) is 0.127. The van der Waals surface area contributed by atoms with Crippen molar-refractivity contribution in [2.24, 2.45) is 7.05 Å². The molecule has 2 heterocycles. The van der Waals surface area contributed by atoms with E-state index in [1.54, 1.807) is 11.7 Å². The summed E-state index contributed by atoms with van der Waals surface area (Å²) in [6.45, 7) is 4.24. The first-order valence-corrected chi connectivity index (χ1v) is 9.33. The third-order valence-corrected chi connectivity index (χ3v) is 5.66. The van der Waals surface area contributed by atoms with E-state index in [2.05, 4.69) is 21.6 Å². The van der Waals surface area contributed by atoms with Crippen molar-refractivity contribution in [2.45, 2.75) is 38.6 Å². The van der Waals surface area contributed by atoms with Gasteiger partial charge >= 0.3 is 0 Å². The third kappa shape index (κ3) is 4.44. The van der Waals surface area contributed by atoms with Crippen LogP contribution in [-0.4, -0.2) is 55.2 Å². The van der Waals surface area contributed by atoms with Crippen LogP contribution in [0.4, 0.5) is 5.69 Å². The summed E-state index contributed by atoms with van der Waals surface area (Å²) >= 11 is 0. The first-order chi connectivity index (χ1) is 10.4. The quantitative estimate of drug-likeness (QED) is 0.809. The van der Waals surface area contributed by atoms with Gasteiger partial charge in [0.25, 0.3) is 10.2 Å². The van der Waals surface area contributed by atoms with E-state index in [1.807, 2.05) is 19.4 Å². The summed E-state index contributed by atoms with van der Waals surface area (Å²) in [5, 5.41) is 4.18. The summed E-state index contributed by atoms with van der Waals surface area (Å²) in [6, 6.07) is -0.0527. The van der Waals surface area contributed by atoms with E-state index in [4.69, 9.17) is 0 Å². The van der Waals surface area contributed by atoms with E-state index in [1.165, 1.54) is 4.31 Å². The van der Waals surface area contributed by atoms with E-state index in [0.29, 0.717) is 13.1 Å². The number of aryl methyl sites for hydroxylation is 1. The predicted molar refractivity (Wildman–Crippen MR) is 88.0 cm³/mol. The average molecular weight is 329 g/mol. The number of unbranched alkanes of at least 4 members (excludes halogenated alkanes) is 1. The van der Waals surface area contributed by atoms with Crippen LogP contribution in [0.25, 0.3) is 0 Å². The lowest BCUT2D eigenvalue weighted by atomic mass is 10.1. The Morgan fingerprint density at radius 2 is 2.27 bits per heavy atom. The summed E-state index contributed by atoms with van der Waals surface area (Å²) < 4.78 is 30.7. The van der Waals surface area contributed by atoms with E-state index >= 15 is 0 Å². The van der Waals surface area contributed by atoms with Crippen molar-refractivity contribution < 1.29 is 8.42 Å². The second kappa shape index (κ2) is 7.43. The van der Waals surface area contributed by atoms with Gasteiger partial charge in [-0.05, 0) is 19.3 Å². The molecule has 0 spiro atoms. The molecule has 0 amide bonds. The molecule has 0 aliphatic carbocycles. The molecule has 0 radical (unpaired) electrons. The largest absolute Gasteiger partial charge is 0.367 e. The normalized spacial score (nSPS) is 19.8. The molecule has 2 rings (SSSR count). The Labute approximate surface area is 133 Å². The molecular weight excluding hydrogens is 302 g/mol.